The van der Waals surface area contributed by atoms with Gasteiger partial charge in [-0.15, -0.1) is 0 Å². The van der Waals surface area contributed by atoms with E-state index in [0.717, 1.165) is 0 Å². The average molecular weight is 310 g/mol. The van der Waals surface area contributed by atoms with Crippen LogP contribution in [0.2, 0.25) is 0 Å². The maximum Gasteiger partial charge on any atom is 0.333 e. The zero-order chi connectivity index (χ0) is 16.3. The van der Waals surface area contributed by atoms with Gasteiger partial charge in [-0.05, 0) is 19.1 Å². The summed E-state index contributed by atoms with van der Waals surface area (Å²) in [4.78, 5) is 17.9. The van der Waals surface area contributed by atoms with Gasteiger partial charge in [0.05, 0.1) is 17.6 Å². The van der Waals surface area contributed by atoms with Crippen molar-refractivity contribution >= 4 is 23.4 Å². The Labute approximate surface area is 125 Å². The fraction of sp³-hybridized carbons (Fsp3) is 0.308. The number of hydrogen-bond acceptors (Lipinski definition) is 4. The number of pyridine rings is 1. The molecule has 0 atom stereocenters. The number of urea groups is 1. The number of alkyl halides is 2. The molecule has 0 aliphatic heterocycles. The third-order valence-corrected chi connectivity index (χ3v) is 2.91. The highest BCUT2D eigenvalue weighted by atomic mass is 19.3. The minimum Gasteiger partial charge on any atom is -0.363 e. The Kier molecular flexibility index (Phi) is 4.54. The summed E-state index contributed by atoms with van der Waals surface area (Å²) in [6.07, 6.45) is 1.17. The number of anilines is 3. The summed E-state index contributed by atoms with van der Waals surface area (Å²) in [5.74, 6) is 1.03. The van der Waals surface area contributed by atoms with Crippen LogP contribution < -0.4 is 15.5 Å². The van der Waals surface area contributed by atoms with E-state index >= 15 is 0 Å². The van der Waals surface area contributed by atoms with Gasteiger partial charge in [-0.25, -0.2) is 14.5 Å². The molecule has 0 aromatic carbocycles. The first-order valence-electron chi connectivity index (χ1n) is 6.43. The summed E-state index contributed by atoms with van der Waals surface area (Å²) in [6, 6.07) is 4.58. The second-order valence-corrected chi connectivity index (χ2v) is 4.72. The molecule has 0 fully saturated rings. The molecule has 118 valence electrons. The maximum atomic E-state index is 12.6. The van der Waals surface area contributed by atoms with Gasteiger partial charge in [0, 0.05) is 14.1 Å². The van der Waals surface area contributed by atoms with E-state index in [-0.39, 0.29) is 11.4 Å². The zero-order valence-electron chi connectivity index (χ0n) is 12.3. The van der Waals surface area contributed by atoms with Crippen LogP contribution in [0.25, 0.3) is 0 Å². The molecular weight excluding hydrogens is 294 g/mol. The molecule has 7 nitrogen and oxygen atoms in total. The van der Waals surface area contributed by atoms with Crippen LogP contribution in [0, 0.1) is 6.92 Å². The van der Waals surface area contributed by atoms with Crippen molar-refractivity contribution in [3.05, 3.63) is 30.1 Å². The van der Waals surface area contributed by atoms with Crippen LogP contribution in [-0.2, 0) is 0 Å². The van der Waals surface area contributed by atoms with Gasteiger partial charge in [-0.1, -0.05) is 6.07 Å². The van der Waals surface area contributed by atoms with Gasteiger partial charge in [0.1, 0.15) is 11.6 Å². The van der Waals surface area contributed by atoms with Crippen LogP contribution in [0.3, 0.4) is 0 Å². The van der Waals surface area contributed by atoms with Crippen molar-refractivity contribution in [1.82, 2.24) is 14.8 Å². The van der Waals surface area contributed by atoms with E-state index in [9.17, 15) is 13.6 Å². The van der Waals surface area contributed by atoms with E-state index < -0.39 is 12.6 Å². The predicted molar refractivity (Wildman–Crippen MR) is 79.4 cm³/mol. The molecule has 0 unspecified atom stereocenters. The first kappa shape index (κ1) is 15.7. The van der Waals surface area contributed by atoms with Gasteiger partial charge < -0.3 is 10.2 Å². The first-order chi connectivity index (χ1) is 10.4. The lowest BCUT2D eigenvalue weighted by atomic mass is 10.4. The standard InChI is InChI=1S/C13H16F2N6O/c1-8-9(7-16-21(8)12(14)15)17-13(22)19-10-5-4-6-11(18-10)20(2)3/h4-7,12H,1-3H3,(H2,17,18,19,22). The van der Waals surface area contributed by atoms with Crippen molar-refractivity contribution in [2.24, 2.45) is 0 Å². The third kappa shape index (κ3) is 3.48. The van der Waals surface area contributed by atoms with E-state index in [0.29, 0.717) is 16.3 Å². The highest BCUT2D eigenvalue weighted by Crippen LogP contribution is 2.20. The van der Waals surface area contributed by atoms with Crippen molar-refractivity contribution in [3.63, 3.8) is 0 Å². The second kappa shape index (κ2) is 6.37. The number of nitrogens with one attached hydrogen (secondary N) is 2. The Balaban J connectivity index is 2.06. The summed E-state index contributed by atoms with van der Waals surface area (Å²) < 4.78 is 25.7. The minimum atomic E-state index is -2.75. The van der Waals surface area contributed by atoms with Crippen molar-refractivity contribution in [2.45, 2.75) is 13.5 Å². The van der Waals surface area contributed by atoms with Crippen LogP contribution >= 0.6 is 0 Å². The summed E-state index contributed by atoms with van der Waals surface area (Å²) in [5.41, 5.74) is 0.377. The van der Waals surface area contributed by atoms with Crippen molar-refractivity contribution in [2.75, 3.05) is 29.6 Å². The summed E-state index contributed by atoms with van der Waals surface area (Å²) in [6.45, 7) is -1.31. The van der Waals surface area contributed by atoms with Crippen molar-refractivity contribution in [1.29, 1.82) is 0 Å². The Hall–Kier alpha value is -2.71. The number of rotatable bonds is 4. The highest BCUT2D eigenvalue weighted by Gasteiger charge is 2.15. The molecule has 0 bridgehead atoms. The summed E-state index contributed by atoms with van der Waals surface area (Å²) in [7, 11) is 3.66. The van der Waals surface area contributed by atoms with E-state index in [1.54, 1.807) is 23.1 Å². The van der Waals surface area contributed by atoms with Gasteiger partial charge in [-0.3, -0.25) is 5.32 Å². The van der Waals surface area contributed by atoms with E-state index in [2.05, 4.69) is 20.7 Å². The molecule has 0 saturated carbocycles. The number of carbonyl (C=O) groups excluding carboxylic acids is 1. The lowest BCUT2D eigenvalue weighted by Crippen LogP contribution is -2.21. The summed E-state index contributed by atoms with van der Waals surface area (Å²) in [5, 5.41) is 8.52. The average Bonchev–Trinajstić information content (AvgIpc) is 2.80. The quantitative estimate of drug-likeness (QED) is 0.910. The third-order valence-electron chi connectivity index (χ3n) is 2.91. The van der Waals surface area contributed by atoms with E-state index in [4.69, 9.17) is 0 Å². The van der Waals surface area contributed by atoms with Crippen LogP contribution in [0.4, 0.5) is 30.9 Å². The minimum absolute atomic E-state index is 0.167. The molecule has 0 saturated heterocycles. The van der Waals surface area contributed by atoms with Gasteiger partial charge in [0.2, 0.25) is 0 Å². The molecule has 22 heavy (non-hydrogen) atoms. The lowest BCUT2D eigenvalue weighted by molar-refractivity contribution is 0.0545. The molecule has 0 spiro atoms. The van der Waals surface area contributed by atoms with E-state index in [1.807, 2.05) is 14.1 Å². The molecule has 2 rings (SSSR count). The number of carbonyl (C=O) groups is 1. The Morgan fingerprint density at radius 3 is 2.64 bits per heavy atom. The molecule has 2 aromatic rings. The fourth-order valence-corrected chi connectivity index (χ4v) is 1.75. The van der Waals surface area contributed by atoms with Gasteiger partial charge in [-0.2, -0.15) is 13.9 Å². The monoisotopic (exact) mass is 310 g/mol. The molecule has 2 amide bonds. The van der Waals surface area contributed by atoms with Crippen LogP contribution in [0.1, 0.15) is 12.2 Å². The number of nitrogens with zero attached hydrogens (tertiary/aromatic N) is 4. The molecular formula is C13H16F2N6O. The number of amides is 2. The van der Waals surface area contributed by atoms with Crippen LogP contribution in [0.5, 0.6) is 0 Å². The predicted octanol–water partition coefficient (Wildman–Crippen LogP) is 2.69. The first-order valence-corrected chi connectivity index (χ1v) is 6.43. The molecule has 2 aromatic heterocycles. The van der Waals surface area contributed by atoms with E-state index in [1.165, 1.54) is 13.1 Å². The Bertz CT molecular complexity index is 670. The van der Waals surface area contributed by atoms with Gasteiger partial charge >= 0.3 is 12.6 Å². The summed E-state index contributed by atoms with van der Waals surface area (Å²) >= 11 is 0. The molecule has 2 N–H and O–H groups in total. The zero-order valence-corrected chi connectivity index (χ0v) is 12.3. The number of halogens is 2. The SMILES string of the molecule is Cc1c(NC(=O)Nc2cccc(N(C)C)n2)cnn1C(F)F. The van der Waals surface area contributed by atoms with Gasteiger partial charge in [0.25, 0.3) is 0 Å². The molecule has 0 aliphatic rings. The normalized spacial score (nSPS) is 10.6. The van der Waals surface area contributed by atoms with Crippen molar-refractivity contribution < 1.29 is 13.6 Å². The fourth-order valence-electron chi connectivity index (χ4n) is 1.75. The second-order valence-electron chi connectivity index (χ2n) is 4.72. The lowest BCUT2D eigenvalue weighted by Gasteiger charge is -2.13. The molecule has 2 heterocycles. The topological polar surface area (TPSA) is 75.1 Å². The van der Waals surface area contributed by atoms with Crippen LogP contribution in [-0.4, -0.2) is 34.9 Å². The smallest absolute Gasteiger partial charge is 0.333 e. The van der Waals surface area contributed by atoms with Crippen molar-refractivity contribution in [3.8, 4) is 0 Å². The molecule has 0 radical (unpaired) electrons. The Morgan fingerprint density at radius 1 is 1.32 bits per heavy atom. The maximum absolute atomic E-state index is 12.6. The number of aromatic nitrogens is 3. The highest BCUT2D eigenvalue weighted by molar-refractivity contribution is 5.99. The van der Waals surface area contributed by atoms with Crippen LogP contribution in [0.15, 0.2) is 24.4 Å². The number of hydrogen-bond donors (Lipinski definition) is 2. The Morgan fingerprint density at radius 2 is 2.05 bits per heavy atom. The molecule has 9 heteroatoms. The molecule has 0 aliphatic carbocycles. The van der Waals surface area contributed by atoms with Gasteiger partial charge in [0.15, 0.2) is 0 Å². The largest absolute Gasteiger partial charge is 0.363 e.